The minimum absolute atomic E-state index is 0.0183. The second kappa shape index (κ2) is 12.3. The van der Waals surface area contributed by atoms with E-state index in [0.717, 1.165) is 5.56 Å². The maximum absolute atomic E-state index is 13.3. The number of methoxy groups -OCH3 is 1. The third-order valence-electron chi connectivity index (χ3n) is 5.99. The third kappa shape index (κ3) is 6.03. The number of hydrogen-bond donors (Lipinski definition) is 1. The molecule has 1 aliphatic rings. The lowest BCUT2D eigenvalue weighted by Gasteiger charge is -2.27. The number of aliphatic hydroxyl groups is 1. The number of ketones is 1. The number of Topliss-reactive ketones (excluding diaryl/α,β-unsaturated/α-hetero) is 1. The second-order valence-corrected chi connectivity index (χ2v) is 8.89. The lowest BCUT2D eigenvalue weighted by Crippen LogP contribution is -2.35. The van der Waals surface area contributed by atoms with Crippen LogP contribution in [0, 0.1) is 6.92 Å². The molecule has 1 N–H and O–H groups in total. The summed E-state index contributed by atoms with van der Waals surface area (Å²) >= 11 is 0. The predicted octanol–water partition coefficient (Wildman–Crippen LogP) is 4.12. The van der Waals surface area contributed by atoms with Gasteiger partial charge in [0.15, 0.2) is 11.5 Å². The van der Waals surface area contributed by atoms with E-state index in [1.165, 1.54) is 12.0 Å². The Kier molecular flexibility index (Phi) is 9.14. The van der Waals surface area contributed by atoms with E-state index in [9.17, 15) is 14.7 Å². The van der Waals surface area contributed by atoms with Crippen molar-refractivity contribution in [2.45, 2.75) is 13.0 Å². The Morgan fingerprint density at radius 2 is 1.68 bits per heavy atom. The molecular weight excluding hydrogens is 472 g/mol. The van der Waals surface area contributed by atoms with Crippen molar-refractivity contribution in [2.24, 2.45) is 0 Å². The number of ether oxygens (including phenoxy) is 3. The van der Waals surface area contributed by atoms with E-state index in [0.29, 0.717) is 54.7 Å². The molecule has 0 saturated carbocycles. The van der Waals surface area contributed by atoms with E-state index < -0.39 is 17.7 Å². The van der Waals surface area contributed by atoms with Crippen LogP contribution in [0.15, 0.2) is 67.3 Å². The molecule has 37 heavy (non-hydrogen) atoms. The van der Waals surface area contributed by atoms with Gasteiger partial charge in [-0.3, -0.25) is 9.59 Å². The van der Waals surface area contributed by atoms with Gasteiger partial charge in [-0.2, -0.15) is 0 Å². The number of hydrogen-bond acceptors (Lipinski definition) is 7. The van der Waals surface area contributed by atoms with Crippen molar-refractivity contribution in [2.75, 3.05) is 47.5 Å². The van der Waals surface area contributed by atoms with Crippen LogP contribution in [0.2, 0.25) is 0 Å². The number of rotatable bonds is 12. The summed E-state index contributed by atoms with van der Waals surface area (Å²) in [6, 6.07) is 9.52. The number of nitrogens with zero attached hydrogens (tertiary/aromatic N) is 2. The van der Waals surface area contributed by atoms with Crippen molar-refractivity contribution in [3.8, 4) is 17.2 Å². The molecule has 2 aromatic rings. The van der Waals surface area contributed by atoms with Gasteiger partial charge in [-0.05, 0) is 62.5 Å². The molecule has 0 radical (unpaired) electrons. The molecule has 1 saturated heterocycles. The Morgan fingerprint density at radius 3 is 2.27 bits per heavy atom. The van der Waals surface area contributed by atoms with Gasteiger partial charge in [0.25, 0.3) is 11.7 Å². The Morgan fingerprint density at radius 1 is 1.03 bits per heavy atom. The number of carbonyl (C=O) groups excluding carboxylic acids is 2. The fourth-order valence-corrected chi connectivity index (χ4v) is 4.15. The normalized spacial score (nSPS) is 16.7. The van der Waals surface area contributed by atoms with Crippen molar-refractivity contribution >= 4 is 17.4 Å². The molecular formula is C29H34N2O6. The standard InChI is InChI=1S/C29H34N2O6/c1-7-15-36-22-11-10-21(17-19(22)3)27(32)25-26(31(14-13-30(4)5)29(34)28(25)33)20-9-12-23(37-16-8-2)24(18-20)35-6/h7-12,17-18,26,32H,1-2,13-16H2,3-6H3. The van der Waals surface area contributed by atoms with E-state index in [2.05, 4.69) is 13.2 Å². The van der Waals surface area contributed by atoms with E-state index in [4.69, 9.17) is 14.2 Å². The number of carbonyl (C=O) groups is 2. The number of aliphatic hydroxyl groups excluding tert-OH is 1. The number of amides is 1. The van der Waals surface area contributed by atoms with Crippen LogP contribution in [0.4, 0.5) is 0 Å². The summed E-state index contributed by atoms with van der Waals surface area (Å²) in [6.07, 6.45) is 3.27. The molecule has 1 fully saturated rings. The summed E-state index contributed by atoms with van der Waals surface area (Å²) in [5.74, 6) is -0.0718. The van der Waals surface area contributed by atoms with Gasteiger partial charge in [-0.25, -0.2) is 0 Å². The minimum Gasteiger partial charge on any atom is -0.507 e. The summed E-state index contributed by atoms with van der Waals surface area (Å²) in [7, 11) is 5.29. The Bertz CT molecular complexity index is 1220. The smallest absolute Gasteiger partial charge is 0.295 e. The first kappa shape index (κ1) is 27.5. The van der Waals surface area contributed by atoms with Gasteiger partial charge in [0.05, 0.1) is 18.7 Å². The summed E-state index contributed by atoms with van der Waals surface area (Å²) < 4.78 is 16.8. The van der Waals surface area contributed by atoms with Gasteiger partial charge < -0.3 is 29.1 Å². The van der Waals surface area contributed by atoms with Crippen LogP contribution in [-0.2, 0) is 9.59 Å². The van der Waals surface area contributed by atoms with Crippen molar-refractivity contribution in [3.63, 3.8) is 0 Å². The topological polar surface area (TPSA) is 88.5 Å². The fourth-order valence-electron chi connectivity index (χ4n) is 4.15. The zero-order chi connectivity index (χ0) is 27.1. The first-order valence-electron chi connectivity index (χ1n) is 11.9. The average Bonchev–Trinajstić information content (AvgIpc) is 3.14. The van der Waals surface area contributed by atoms with Gasteiger partial charge in [-0.1, -0.05) is 31.4 Å². The lowest BCUT2D eigenvalue weighted by atomic mass is 9.94. The molecule has 8 nitrogen and oxygen atoms in total. The van der Waals surface area contributed by atoms with E-state index in [1.54, 1.807) is 48.6 Å². The number of aryl methyl sites for hydroxylation is 1. The van der Waals surface area contributed by atoms with Crippen LogP contribution in [-0.4, -0.2) is 74.1 Å². The molecule has 2 aromatic carbocycles. The molecule has 1 amide bonds. The van der Waals surface area contributed by atoms with Gasteiger partial charge in [0, 0.05) is 18.7 Å². The highest BCUT2D eigenvalue weighted by molar-refractivity contribution is 6.46. The summed E-state index contributed by atoms with van der Waals surface area (Å²) in [6.45, 7) is 10.6. The van der Waals surface area contributed by atoms with Crippen molar-refractivity contribution < 1.29 is 28.9 Å². The van der Waals surface area contributed by atoms with Gasteiger partial charge in [0.1, 0.15) is 24.7 Å². The lowest BCUT2D eigenvalue weighted by molar-refractivity contribution is -0.140. The maximum atomic E-state index is 13.3. The quantitative estimate of drug-likeness (QED) is 0.201. The van der Waals surface area contributed by atoms with Crippen LogP contribution in [0.25, 0.3) is 5.76 Å². The zero-order valence-electron chi connectivity index (χ0n) is 21.8. The fraction of sp³-hybridized carbons (Fsp3) is 0.310. The molecule has 1 unspecified atom stereocenters. The second-order valence-electron chi connectivity index (χ2n) is 8.89. The van der Waals surface area contributed by atoms with Gasteiger partial charge in [-0.15, -0.1) is 0 Å². The van der Waals surface area contributed by atoms with Crippen molar-refractivity contribution in [1.82, 2.24) is 9.80 Å². The molecule has 0 bridgehead atoms. The highest BCUT2D eigenvalue weighted by Crippen LogP contribution is 2.42. The largest absolute Gasteiger partial charge is 0.507 e. The highest BCUT2D eigenvalue weighted by Gasteiger charge is 2.46. The predicted molar refractivity (Wildman–Crippen MR) is 143 cm³/mol. The van der Waals surface area contributed by atoms with E-state index >= 15 is 0 Å². The number of benzene rings is 2. The molecule has 8 heteroatoms. The van der Waals surface area contributed by atoms with E-state index in [1.807, 2.05) is 25.9 Å². The summed E-state index contributed by atoms with van der Waals surface area (Å²) in [5.41, 5.74) is 1.82. The first-order valence-corrected chi connectivity index (χ1v) is 11.9. The van der Waals surface area contributed by atoms with Gasteiger partial charge in [0.2, 0.25) is 0 Å². The molecule has 1 atom stereocenters. The van der Waals surface area contributed by atoms with Crippen LogP contribution < -0.4 is 14.2 Å². The summed E-state index contributed by atoms with van der Waals surface area (Å²) in [5, 5.41) is 11.4. The highest BCUT2D eigenvalue weighted by atomic mass is 16.5. The Balaban J connectivity index is 2.14. The van der Waals surface area contributed by atoms with Gasteiger partial charge >= 0.3 is 0 Å². The molecule has 1 heterocycles. The van der Waals surface area contributed by atoms with Crippen LogP contribution in [0.3, 0.4) is 0 Å². The number of likely N-dealkylation sites (tertiary alicyclic amines) is 1. The molecule has 1 aliphatic heterocycles. The SMILES string of the molecule is C=CCOc1ccc(C(O)=C2C(=O)C(=O)N(CCN(C)C)C2c2ccc(OCC=C)c(OC)c2)cc1C. The van der Waals surface area contributed by atoms with Crippen LogP contribution in [0.1, 0.15) is 22.7 Å². The molecule has 0 spiro atoms. The molecule has 0 aliphatic carbocycles. The monoisotopic (exact) mass is 506 g/mol. The number of likely N-dealkylation sites (N-methyl/N-ethyl adjacent to an activating group) is 1. The Labute approximate surface area is 218 Å². The minimum atomic E-state index is -0.806. The summed E-state index contributed by atoms with van der Waals surface area (Å²) in [4.78, 5) is 29.9. The van der Waals surface area contributed by atoms with Crippen LogP contribution >= 0.6 is 0 Å². The van der Waals surface area contributed by atoms with Crippen molar-refractivity contribution in [1.29, 1.82) is 0 Å². The maximum Gasteiger partial charge on any atom is 0.295 e. The van der Waals surface area contributed by atoms with E-state index in [-0.39, 0.29) is 11.3 Å². The third-order valence-corrected chi connectivity index (χ3v) is 5.99. The molecule has 196 valence electrons. The first-order chi connectivity index (χ1) is 17.7. The van der Waals surface area contributed by atoms with Crippen LogP contribution in [0.5, 0.6) is 17.2 Å². The zero-order valence-corrected chi connectivity index (χ0v) is 21.8. The Hall–Kier alpha value is -4.04. The molecule has 0 aromatic heterocycles. The van der Waals surface area contributed by atoms with Crippen molar-refractivity contribution in [3.05, 3.63) is 84.0 Å². The molecule has 3 rings (SSSR count). The average molecular weight is 507 g/mol.